The molecule has 0 bridgehead atoms. The van der Waals surface area contributed by atoms with Crippen LogP contribution in [0.25, 0.3) is 0 Å². The highest BCUT2D eigenvalue weighted by Crippen LogP contribution is 2.30. The third kappa shape index (κ3) is 3.47. The van der Waals surface area contributed by atoms with Crippen molar-refractivity contribution in [3.8, 4) is 0 Å². The van der Waals surface area contributed by atoms with Gasteiger partial charge in [-0.3, -0.25) is 9.59 Å². The van der Waals surface area contributed by atoms with Crippen LogP contribution in [0, 0.1) is 0 Å². The van der Waals surface area contributed by atoms with Crippen molar-refractivity contribution in [2.45, 2.75) is 18.5 Å². The summed E-state index contributed by atoms with van der Waals surface area (Å²) in [5.41, 5.74) is -0.886. The molecular formula is C11H9F3O4. The van der Waals surface area contributed by atoms with Crippen molar-refractivity contribution in [1.82, 2.24) is 0 Å². The van der Waals surface area contributed by atoms with E-state index in [0.717, 1.165) is 24.3 Å². The van der Waals surface area contributed by atoms with E-state index in [-0.39, 0.29) is 5.56 Å². The molecule has 0 fully saturated rings. The lowest BCUT2D eigenvalue weighted by atomic mass is 9.95. The minimum absolute atomic E-state index is 0.0258. The second-order valence-electron chi connectivity index (χ2n) is 3.61. The molecule has 1 aromatic rings. The minimum Gasteiger partial charge on any atom is -0.481 e. The number of carboxylic acid groups (broad SMARTS) is 2. The largest absolute Gasteiger partial charge is 0.481 e. The summed E-state index contributed by atoms with van der Waals surface area (Å²) in [5, 5.41) is 17.4. The van der Waals surface area contributed by atoms with Crippen molar-refractivity contribution < 1.29 is 33.0 Å². The van der Waals surface area contributed by atoms with E-state index >= 15 is 0 Å². The molecule has 0 aliphatic rings. The van der Waals surface area contributed by atoms with E-state index in [0.29, 0.717) is 0 Å². The molecule has 0 heterocycles. The molecule has 98 valence electrons. The van der Waals surface area contributed by atoms with Crippen LogP contribution in [-0.4, -0.2) is 22.2 Å². The highest BCUT2D eigenvalue weighted by Gasteiger charge is 2.31. The summed E-state index contributed by atoms with van der Waals surface area (Å²) >= 11 is 0. The van der Waals surface area contributed by atoms with Crippen LogP contribution in [0.15, 0.2) is 24.3 Å². The number of carboxylic acids is 2. The fourth-order valence-electron chi connectivity index (χ4n) is 1.43. The van der Waals surface area contributed by atoms with Gasteiger partial charge in [0.05, 0.1) is 17.9 Å². The quantitative estimate of drug-likeness (QED) is 0.873. The van der Waals surface area contributed by atoms with Gasteiger partial charge >= 0.3 is 18.1 Å². The Bertz CT molecular complexity index is 450. The zero-order chi connectivity index (χ0) is 13.9. The van der Waals surface area contributed by atoms with Gasteiger partial charge in [0.2, 0.25) is 0 Å². The maximum atomic E-state index is 12.3. The Morgan fingerprint density at radius 3 is 1.94 bits per heavy atom. The molecular weight excluding hydrogens is 253 g/mol. The van der Waals surface area contributed by atoms with E-state index in [1.54, 1.807) is 0 Å². The molecule has 1 atom stereocenters. The van der Waals surface area contributed by atoms with Crippen LogP contribution in [0.4, 0.5) is 13.2 Å². The summed E-state index contributed by atoms with van der Waals surface area (Å²) in [7, 11) is 0. The van der Waals surface area contributed by atoms with Crippen molar-refractivity contribution in [1.29, 1.82) is 0 Å². The van der Waals surface area contributed by atoms with Crippen molar-refractivity contribution in [3.05, 3.63) is 35.4 Å². The van der Waals surface area contributed by atoms with Gasteiger partial charge in [-0.05, 0) is 17.7 Å². The number of halogens is 3. The van der Waals surface area contributed by atoms with Crippen LogP contribution < -0.4 is 0 Å². The third-order valence-electron chi connectivity index (χ3n) is 2.32. The van der Waals surface area contributed by atoms with Crippen molar-refractivity contribution in [3.63, 3.8) is 0 Å². The summed E-state index contributed by atoms with van der Waals surface area (Å²) in [5.74, 6) is -4.08. The molecule has 0 aliphatic heterocycles. The molecule has 0 amide bonds. The first-order valence-electron chi connectivity index (χ1n) is 4.83. The topological polar surface area (TPSA) is 74.6 Å². The number of carbonyl (C=O) groups is 2. The lowest BCUT2D eigenvalue weighted by Crippen LogP contribution is -2.16. The average Bonchev–Trinajstić information content (AvgIpc) is 2.24. The van der Waals surface area contributed by atoms with E-state index in [1.807, 2.05) is 0 Å². The smallest absolute Gasteiger partial charge is 0.416 e. The zero-order valence-electron chi connectivity index (χ0n) is 8.94. The Hall–Kier alpha value is -2.05. The maximum Gasteiger partial charge on any atom is 0.416 e. The van der Waals surface area contributed by atoms with Crippen LogP contribution in [0.2, 0.25) is 0 Å². The van der Waals surface area contributed by atoms with Gasteiger partial charge in [0.1, 0.15) is 0 Å². The summed E-state index contributed by atoms with van der Waals surface area (Å²) in [4.78, 5) is 21.3. The monoisotopic (exact) mass is 262 g/mol. The van der Waals surface area contributed by atoms with Gasteiger partial charge in [-0.15, -0.1) is 0 Å². The van der Waals surface area contributed by atoms with Gasteiger partial charge in [0, 0.05) is 0 Å². The molecule has 0 spiro atoms. The summed E-state index contributed by atoms with van der Waals surface area (Å²) in [6.07, 6.45) is -5.19. The fourth-order valence-corrected chi connectivity index (χ4v) is 1.43. The number of hydrogen-bond acceptors (Lipinski definition) is 2. The molecule has 1 rings (SSSR count). The van der Waals surface area contributed by atoms with Crippen molar-refractivity contribution in [2.24, 2.45) is 0 Å². The zero-order valence-corrected chi connectivity index (χ0v) is 8.94. The molecule has 4 nitrogen and oxygen atoms in total. The first-order valence-corrected chi connectivity index (χ1v) is 4.83. The van der Waals surface area contributed by atoms with E-state index < -0.39 is 36.0 Å². The predicted octanol–water partition coefficient (Wildman–Crippen LogP) is 2.35. The number of hydrogen-bond donors (Lipinski definition) is 2. The average molecular weight is 262 g/mol. The Morgan fingerprint density at radius 2 is 1.61 bits per heavy atom. The lowest BCUT2D eigenvalue weighted by Gasteiger charge is -2.12. The summed E-state index contributed by atoms with van der Waals surface area (Å²) in [6.45, 7) is 0. The maximum absolute atomic E-state index is 12.3. The standard InChI is InChI=1S/C11H9F3O4/c12-11(13,14)7-3-1-6(2-4-7)8(10(17)18)5-9(15)16/h1-4,8H,5H2,(H,15,16)(H,17,18). The highest BCUT2D eigenvalue weighted by molar-refractivity contribution is 5.82. The van der Waals surface area contributed by atoms with Gasteiger partial charge in [-0.25, -0.2) is 0 Å². The van der Waals surface area contributed by atoms with E-state index in [9.17, 15) is 22.8 Å². The van der Waals surface area contributed by atoms with Crippen molar-refractivity contribution >= 4 is 11.9 Å². The van der Waals surface area contributed by atoms with Crippen LogP contribution in [0.5, 0.6) is 0 Å². The Labute approximate surface area is 99.7 Å². The molecule has 0 saturated heterocycles. The molecule has 0 radical (unpaired) electrons. The van der Waals surface area contributed by atoms with E-state index in [4.69, 9.17) is 10.2 Å². The van der Waals surface area contributed by atoms with Gasteiger partial charge in [-0.1, -0.05) is 12.1 Å². The number of aliphatic carboxylic acids is 2. The van der Waals surface area contributed by atoms with Gasteiger partial charge in [0.25, 0.3) is 0 Å². The molecule has 7 heteroatoms. The normalized spacial score (nSPS) is 13.1. The molecule has 2 N–H and O–H groups in total. The van der Waals surface area contributed by atoms with Crippen LogP contribution in [0.3, 0.4) is 0 Å². The third-order valence-corrected chi connectivity index (χ3v) is 2.32. The first kappa shape index (κ1) is 14.0. The molecule has 0 aliphatic carbocycles. The Kier molecular flexibility index (Phi) is 3.95. The van der Waals surface area contributed by atoms with Gasteiger partial charge in [0.15, 0.2) is 0 Å². The molecule has 1 unspecified atom stereocenters. The Balaban J connectivity index is 3.01. The Morgan fingerprint density at radius 1 is 1.11 bits per heavy atom. The minimum atomic E-state index is -4.51. The SMILES string of the molecule is O=C(O)CC(C(=O)O)c1ccc(C(F)(F)F)cc1. The number of benzene rings is 1. The second-order valence-corrected chi connectivity index (χ2v) is 3.61. The summed E-state index contributed by atoms with van der Waals surface area (Å²) < 4.78 is 36.8. The molecule has 18 heavy (non-hydrogen) atoms. The van der Waals surface area contributed by atoms with E-state index in [2.05, 4.69) is 0 Å². The fraction of sp³-hybridized carbons (Fsp3) is 0.273. The summed E-state index contributed by atoms with van der Waals surface area (Å²) in [6, 6.07) is 3.41. The second kappa shape index (κ2) is 5.07. The molecule has 1 aromatic carbocycles. The first-order chi connectivity index (χ1) is 8.21. The van der Waals surface area contributed by atoms with E-state index in [1.165, 1.54) is 0 Å². The highest BCUT2D eigenvalue weighted by atomic mass is 19.4. The van der Waals surface area contributed by atoms with Gasteiger partial charge < -0.3 is 10.2 Å². The predicted molar refractivity (Wildman–Crippen MR) is 54.1 cm³/mol. The molecule has 0 aromatic heterocycles. The number of rotatable bonds is 4. The van der Waals surface area contributed by atoms with Crippen molar-refractivity contribution in [2.75, 3.05) is 0 Å². The lowest BCUT2D eigenvalue weighted by molar-refractivity contribution is -0.145. The molecule has 0 saturated carbocycles. The van der Waals surface area contributed by atoms with Gasteiger partial charge in [-0.2, -0.15) is 13.2 Å². The van der Waals surface area contributed by atoms with Crippen LogP contribution >= 0.6 is 0 Å². The van der Waals surface area contributed by atoms with Crippen LogP contribution in [-0.2, 0) is 15.8 Å². The van der Waals surface area contributed by atoms with Crippen LogP contribution in [0.1, 0.15) is 23.5 Å². The number of alkyl halides is 3.